The average molecular weight is 400 g/mol. The Kier molecular flexibility index (Phi) is 4.87. The second-order valence-electron chi connectivity index (χ2n) is 6.93. The largest absolute Gasteiger partial charge is 0.310 e. The van der Waals surface area contributed by atoms with Crippen LogP contribution in [0, 0.1) is 11.3 Å². The van der Waals surface area contributed by atoms with Crippen LogP contribution in [0.4, 0.5) is 5.69 Å². The molecule has 1 fully saturated rings. The summed E-state index contributed by atoms with van der Waals surface area (Å²) in [6.07, 6.45) is 4.80. The molecule has 0 saturated carbocycles. The van der Waals surface area contributed by atoms with Gasteiger partial charge in [0.2, 0.25) is 15.9 Å². The second-order valence-corrected chi connectivity index (χ2v) is 8.87. The third-order valence-corrected chi connectivity index (χ3v) is 7.03. The summed E-state index contributed by atoms with van der Waals surface area (Å²) in [7, 11) is -3.49. The molecule has 1 aromatic carbocycles. The van der Waals surface area contributed by atoms with Crippen LogP contribution in [0.3, 0.4) is 0 Å². The topological polar surface area (TPSA) is 112 Å². The molecular formula is C18H20N6O3S. The van der Waals surface area contributed by atoms with Crippen LogP contribution in [0.15, 0.2) is 29.4 Å². The maximum atomic E-state index is 12.9. The molecule has 0 radical (unpaired) electrons. The van der Waals surface area contributed by atoms with Crippen molar-refractivity contribution in [3.8, 4) is 6.07 Å². The lowest BCUT2D eigenvalue weighted by atomic mass is 10.2. The van der Waals surface area contributed by atoms with Gasteiger partial charge in [0.25, 0.3) is 5.82 Å². The van der Waals surface area contributed by atoms with E-state index in [-0.39, 0.29) is 23.2 Å². The molecule has 0 atom stereocenters. The van der Waals surface area contributed by atoms with Crippen molar-refractivity contribution < 1.29 is 13.2 Å². The fourth-order valence-electron chi connectivity index (χ4n) is 3.70. The third-order valence-electron chi connectivity index (χ3n) is 5.13. The van der Waals surface area contributed by atoms with Crippen LogP contribution in [0.25, 0.3) is 0 Å². The molecule has 2 aliphatic rings. The fourth-order valence-corrected chi connectivity index (χ4v) is 5.27. The number of hydrogen-bond acceptors (Lipinski definition) is 6. The molecule has 146 valence electrons. The molecule has 0 aliphatic carbocycles. The van der Waals surface area contributed by atoms with E-state index in [4.69, 9.17) is 5.26 Å². The van der Waals surface area contributed by atoms with E-state index in [2.05, 4.69) is 10.1 Å². The number of rotatable bonds is 4. The first-order valence-electron chi connectivity index (χ1n) is 9.22. The van der Waals surface area contributed by atoms with E-state index < -0.39 is 10.0 Å². The molecule has 1 aromatic heterocycles. The maximum Gasteiger partial charge on any atom is 0.252 e. The molecular weight excluding hydrogens is 380 g/mol. The summed E-state index contributed by atoms with van der Waals surface area (Å²) in [5.41, 5.74) is 1.57. The zero-order valence-corrected chi connectivity index (χ0v) is 16.1. The number of nitriles is 1. The van der Waals surface area contributed by atoms with Crippen LogP contribution in [0.2, 0.25) is 0 Å². The first kappa shape index (κ1) is 18.6. The highest BCUT2D eigenvalue weighted by Gasteiger charge is 2.30. The Bertz CT molecular complexity index is 1050. The minimum atomic E-state index is -3.49. The lowest BCUT2D eigenvalue weighted by Gasteiger charge is -2.26. The first-order chi connectivity index (χ1) is 13.5. The molecule has 10 heteroatoms. The molecule has 9 nitrogen and oxygen atoms in total. The van der Waals surface area contributed by atoms with Crippen LogP contribution in [-0.2, 0) is 27.8 Å². The molecule has 0 spiro atoms. The minimum absolute atomic E-state index is 0.0159. The number of hydrogen-bond donors (Lipinski definition) is 0. The third kappa shape index (κ3) is 3.39. The average Bonchev–Trinajstić information content (AvgIpc) is 3.34. The van der Waals surface area contributed by atoms with Crippen molar-refractivity contribution in [2.75, 3.05) is 24.5 Å². The molecule has 0 bridgehead atoms. The summed E-state index contributed by atoms with van der Waals surface area (Å²) >= 11 is 0. The van der Waals surface area contributed by atoms with E-state index in [0.29, 0.717) is 26.1 Å². The molecule has 28 heavy (non-hydrogen) atoms. The number of amides is 1. The van der Waals surface area contributed by atoms with Gasteiger partial charge in [0, 0.05) is 25.3 Å². The SMILES string of the molecule is N#Cc1ncn(CC(=O)N2CCc3cc(S(=O)(=O)N4CCCCC4)ccc32)n1. The van der Waals surface area contributed by atoms with Gasteiger partial charge in [-0.2, -0.15) is 9.57 Å². The van der Waals surface area contributed by atoms with Gasteiger partial charge in [-0.3, -0.25) is 4.79 Å². The van der Waals surface area contributed by atoms with Gasteiger partial charge in [0.15, 0.2) is 0 Å². The fraction of sp³-hybridized carbons (Fsp3) is 0.444. The summed E-state index contributed by atoms with van der Waals surface area (Å²) in [5.74, 6) is -0.165. The molecule has 1 saturated heterocycles. The van der Waals surface area contributed by atoms with Crippen LogP contribution in [0.5, 0.6) is 0 Å². The molecule has 2 aromatic rings. The minimum Gasteiger partial charge on any atom is -0.310 e. The Morgan fingerprint density at radius 2 is 1.96 bits per heavy atom. The second kappa shape index (κ2) is 7.33. The van der Waals surface area contributed by atoms with Crippen molar-refractivity contribution in [3.05, 3.63) is 35.9 Å². The summed E-state index contributed by atoms with van der Waals surface area (Å²) in [4.78, 5) is 18.3. The van der Waals surface area contributed by atoms with Gasteiger partial charge in [0.1, 0.15) is 18.9 Å². The zero-order valence-electron chi connectivity index (χ0n) is 15.3. The van der Waals surface area contributed by atoms with E-state index in [1.54, 1.807) is 27.4 Å². The molecule has 4 rings (SSSR count). The van der Waals surface area contributed by atoms with Gasteiger partial charge in [0.05, 0.1) is 4.90 Å². The van der Waals surface area contributed by atoms with Crippen LogP contribution in [-0.4, -0.2) is 53.0 Å². The number of aromatic nitrogens is 3. The number of benzene rings is 1. The predicted octanol–water partition coefficient (Wildman–Crippen LogP) is 0.914. The highest BCUT2D eigenvalue weighted by atomic mass is 32.2. The standard InChI is InChI=1S/C18H20N6O3S/c19-11-17-20-13-22(21-17)12-18(25)24-9-6-14-10-15(4-5-16(14)24)28(26,27)23-7-2-1-3-8-23/h4-5,10,13H,1-3,6-9,12H2. The van der Waals surface area contributed by atoms with Gasteiger partial charge >= 0.3 is 0 Å². The van der Waals surface area contributed by atoms with Gasteiger partial charge in [-0.1, -0.05) is 6.42 Å². The summed E-state index contributed by atoms with van der Waals surface area (Å²) in [6.45, 7) is 1.59. The maximum absolute atomic E-state index is 12.9. The first-order valence-corrected chi connectivity index (χ1v) is 10.7. The number of nitrogens with zero attached hydrogens (tertiary/aromatic N) is 6. The van der Waals surface area contributed by atoms with E-state index in [0.717, 1.165) is 30.5 Å². The highest BCUT2D eigenvalue weighted by Crippen LogP contribution is 2.32. The number of sulfonamides is 1. The normalized spacial score (nSPS) is 17.3. The van der Waals surface area contributed by atoms with Crippen molar-refractivity contribution in [2.24, 2.45) is 0 Å². The monoisotopic (exact) mass is 400 g/mol. The quantitative estimate of drug-likeness (QED) is 0.754. The number of anilines is 1. The Morgan fingerprint density at radius 1 is 1.18 bits per heavy atom. The van der Waals surface area contributed by atoms with Crippen molar-refractivity contribution in [1.82, 2.24) is 19.1 Å². The van der Waals surface area contributed by atoms with Crippen molar-refractivity contribution in [2.45, 2.75) is 37.1 Å². The van der Waals surface area contributed by atoms with Crippen LogP contribution in [0.1, 0.15) is 30.7 Å². The number of fused-ring (bicyclic) bond motifs is 1. The van der Waals surface area contributed by atoms with E-state index >= 15 is 0 Å². The zero-order chi connectivity index (χ0) is 19.7. The van der Waals surface area contributed by atoms with E-state index in [1.165, 1.54) is 11.0 Å². The molecule has 0 N–H and O–H groups in total. The number of carbonyl (C=O) groups excluding carboxylic acids is 1. The number of piperidine rings is 1. The van der Waals surface area contributed by atoms with Crippen molar-refractivity contribution in [1.29, 1.82) is 5.26 Å². The van der Waals surface area contributed by atoms with Gasteiger partial charge < -0.3 is 4.90 Å². The van der Waals surface area contributed by atoms with Crippen molar-refractivity contribution in [3.63, 3.8) is 0 Å². The summed E-state index contributed by atoms with van der Waals surface area (Å²) in [6, 6.07) is 6.80. The Morgan fingerprint density at radius 3 is 2.68 bits per heavy atom. The molecule has 1 amide bonds. The predicted molar refractivity (Wildman–Crippen MR) is 99.8 cm³/mol. The van der Waals surface area contributed by atoms with E-state index in [1.807, 2.05) is 6.07 Å². The summed E-state index contributed by atoms with van der Waals surface area (Å²) in [5, 5.41) is 12.7. The number of carbonyl (C=O) groups is 1. The summed E-state index contributed by atoms with van der Waals surface area (Å²) < 4.78 is 28.6. The van der Waals surface area contributed by atoms with Gasteiger partial charge in [-0.15, -0.1) is 5.10 Å². The van der Waals surface area contributed by atoms with Crippen molar-refractivity contribution >= 4 is 21.6 Å². The van der Waals surface area contributed by atoms with Gasteiger partial charge in [-0.25, -0.2) is 18.1 Å². The Hall–Kier alpha value is -2.77. The molecule has 0 unspecified atom stereocenters. The molecule has 3 heterocycles. The highest BCUT2D eigenvalue weighted by molar-refractivity contribution is 7.89. The Labute approximate surface area is 163 Å². The molecule has 2 aliphatic heterocycles. The van der Waals surface area contributed by atoms with Crippen LogP contribution < -0.4 is 4.90 Å². The lowest BCUT2D eigenvalue weighted by Crippen LogP contribution is -2.35. The Balaban J connectivity index is 1.53. The lowest BCUT2D eigenvalue weighted by molar-refractivity contribution is -0.119. The van der Waals surface area contributed by atoms with Crippen LogP contribution >= 0.6 is 0 Å². The van der Waals surface area contributed by atoms with E-state index in [9.17, 15) is 13.2 Å². The van der Waals surface area contributed by atoms with Gasteiger partial charge in [-0.05, 0) is 43.0 Å². The smallest absolute Gasteiger partial charge is 0.252 e.